The lowest BCUT2D eigenvalue weighted by Gasteiger charge is -2.00. The van der Waals surface area contributed by atoms with Gasteiger partial charge < -0.3 is 11.5 Å². The lowest BCUT2D eigenvalue weighted by molar-refractivity contribution is 1.28. The second kappa shape index (κ2) is 4.83. The fraction of sp³-hybridized carbons (Fsp3) is 0.375. The molecule has 0 aromatic carbocycles. The number of aromatic nitrogens is 1. The summed E-state index contributed by atoms with van der Waals surface area (Å²) >= 11 is 5.64. The summed E-state index contributed by atoms with van der Waals surface area (Å²) in [7, 11) is 0. The SMILES string of the molecule is CC.Cc1cc(N)c(N)nc1Cl. The molecule has 0 saturated heterocycles. The van der Waals surface area contributed by atoms with E-state index in [2.05, 4.69) is 4.98 Å². The maximum atomic E-state index is 5.64. The molecule has 1 aromatic heterocycles. The number of hydrogen-bond donors (Lipinski definition) is 2. The Balaban J connectivity index is 0.000000561. The first-order chi connectivity index (χ1) is 5.61. The molecule has 4 N–H and O–H groups in total. The van der Waals surface area contributed by atoms with Gasteiger partial charge >= 0.3 is 0 Å². The number of anilines is 2. The number of rotatable bonds is 0. The molecule has 0 amide bonds. The van der Waals surface area contributed by atoms with Crippen LogP contribution in [0.2, 0.25) is 5.15 Å². The van der Waals surface area contributed by atoms with E-state index in [-0.39, 0.29) is 5.82 Å². The molecule has 0 bridgehead atoms. The zero-order valence-corrected chi connectivity index (χ0v) is 8.31. The Bertz CT molecular complexity index is 210. The summed E-state index contributed by atoms with van der Waals surface area (Å²) in [6, 6.07) is 1.70. The molecule has 1 rings (SSSR count). The molecule has 0 saturated carbocycles. The van der Waals surface area contributed by atoms with Gasteiger partial charge in [-0.1, -0.05) is 25.4 Å². The predicted octanol–water partition coefficient (Wildman–Crippen LogP) is 2.23. The number of aryl methyl sites for hydroxylation is 1. The van der Waals surface area contributed by atoms with Crippen molar-refractivity contribution in [1.29, 1.82) is 0 Å². The van der Waals surface area contributed by atoms with Crippen molar-refractivity contribution in [2.45, 2.75) is 20.8 Å². The Labute approximate surface area is 77.7 Å². The molecule has 12 heavy (non-hydrogen) atoms. The quantitative estimate of drug-likeness (QED) is 0.613. The Morgan fingerprint density at radius 2 is 1.83 bits per heavy atom. The van der Waals surface area contributed by atoms with Crippen LogP contribution in [0.3, 0.4) is 0 Å². The van der Waals surface area contributed by atoms with Crippen molar-refractivity contribution in [3.63, 3.8) is 0 Å². The zero-order valence-electron chi connectivity index (χ0n) is 7.56. The van der Waals surface area contributed by atoms with E-state index in [1.807, 2.05) is 20.8 Å². The van der Waals surface area contributed by atoms with Crippen molar-refractivity contribution in [2.24, 2.45) is 0 Å². The molecule has 0 atom stereocenters. The third kappa shape index (κ3) is 2.58. The maximum absolute atomic E-state index is 5.64. The van der Waals surface area contributed by atoms with Gasteiger partial charge in [-0.3, -0.25) is 0 Å². The van der Waals surface area contributed by atoms with Gasteiger partial charge in [0.2, 0.25) is 0 Å². The number of nitrogens with two attached hydrogens (primary N) is 2. The van der Waals surface area contributed by atoms with E-state index in [4.69, 9.17) is 23.1 Å². The zero-order chi connectivity index (χ0) is 9.72. The molecule has 0 aliphatic rings. The van der Waals surface area contributed by atoms with Crippen LogP contribution in [-0.2, 0) is 0 Å². The van der Waals surface area contributed by atoms with Crippen LogP contribution in [0.1, 0.15) is 19.4 Å². The van der Waals surface area contributed by atoms with Gasteiger partial charge in [0.05, 0.1) is 5.69 Å². The molecule has 1 heterocycles. The van der Waals surface area contributed by atoms with E-state index in [1.54, 1.807) is 6.07 Å². The number of nitrogen functional groups attached to an aromatic ring is 2. The number of pyridine rings is 1. The van der Waals surface area contributed by atoms with Gasteiger partial charge in [-0.2, -0.15) is 0 Å². The van der Waals surface area contributed by atoms with Gasteiger partial charge in [0.15, 0.2) is 0 Å². The monoisotopic (exact) mass is 187 g/mol. The van der Waals surface area contributed by atoms with Crippen LogP contribution in [-0.4, -0.2) is 4.98 Å². The van der Waals surface area contributed by atoms with E-state index in [0.29, 0.717) is 10.8 Å². The van der Waals surface area contributed by atoms with Crippen molar-refractivity contribution in [3.8, 4) is 0 Å². The number of halogens is 1. The van der Waals surface area contributed by atoms with Crippen molar-refractivity contribution in [1.82, 2.24) is 4.98 Å². The molecule has 0 fully saturated rings. The number of nitrogens with zero attached hydrogens (tertiary/aromatic N) is 1. The van der Waals surface area contributed by atoms with Gasteiger partial charge in [-0.15, -0.1) is 0 Å². The molecule has 4 heteroatoms. The summed E-state index contributed by atoms with van der Waals surface area (Å²) in [5.41, 5.74) is 12.1. The van der Waals surface area contributed by atoms with E-state index in [1.165, 1.54) is 0 Å². The molecular formula is C8H14ClN3. The highest BCUT2D eigenvalue weighted by Crippen LogP contribution is 2.19. The molecule has 0 unspecified atom stereocenters. The van der Waals surface area contributed by atoms with Crippen LogP contribution >= 0.6 is 11.6 Å². The average Bonchev–Trinajstić information content (AvgIpc) is 2.05. The Hall–Kier alpha value is -0.960. The van der Waals surface area contributed by atoms with E-state index >= 15 is 0 Å². The molecule has 68 valence electrons. The van der Waals surface area contributed by atoms with Crippen molar-refractivity contribution < 1.29 is 0 Å². The van der Waals surface area contributed by atoms with Gasteiger partial charge in [-0.25, -0.2) is 4.98 Å². The minimum atomic E-state index is 0.288. The first-order valence-corrected chi connectivity index (χ1v) is 4.17. The van der Waals surface area contributed by atoms with E-state index in [9.17, 15) is 0 Å². The van der Waals surface area contributed by atoms with Crippen molar-refractivity contribution in [3.05, 3.63) is 16.8 Å². The first-order valence-electron chi connectivity index (χ1n) is 3.79. The lowest BCUT2D eigenvalue weighted by atomic mass is 10.3. The fourth-order valence-electron chi connectivity index (χ4n) is 0.625. The highest BCUT2D eigenvalue weighted by Gasteiger charge is 2.00. The summed E-state index contributed by atoms with van der Waals surface area (Å²) in [5.74, 6) is 0.288. The fourth-order valence-corrected chi connectivity index (χ4v) is 0.771. The van der Waals surface area contributed by atoms with E-state index < -0.39 is 0 Å². The maximum Gasteiger partial charge on any atom is 0.148 e. The van der Waals surface area contributed by atoms with Gasteiger partial charge in [0.25, 0.3) is 0 Å². The van der Waals surface area contributed by atoms with Crippen LogP contribution in [0, 0.1) is 6.92 Å². The van der Waals surface area contributed by atoms with Crippen LogP contribution in [0.25, 0.3) is 0 Å². The Morgan fingerprint density at radius 3 is 2.25 bits per heavy atom. The third-order valence-electron chi connectivity index (χ3n) is 1.21. The smallest absolute Gasteiger partial charge is 0.148 e. The normalized spacial score (nSPS) is 8.67. The van der Waals surface area contributed by atoms with Crippen LogP contribution < -0.4 is 11.5 Å². The molecule has 0 aliphatic heterocycles. The number of hydrogen-bond acceptors (Lipinski definition) is 3. The summed E-state index contributed by atoms with van der Waals surface area (Å²) < 4.78 is 0. The third-order valence-corrected chi connectivity index (χ3v) is 1.59. The topological polar surface area (TPSA) is 64.9 Å². The molecule has 0 aliphatic carbocycles. The minimum absolute atomic E-state index is 0.288. The van der Waals surface area contributed by atoms with Crippen LogP contribution in [0.4, 0.5) is 11.5 Å². The average molecular weight is 188 g/mol. The molecule has 0 radical (unpaired) electrons. The minimum Gasteiger partial charge on any atom is -0.396 e. The predicted molar refractivity (Wildman–Crippen MR) is 54.2 cm³/mol. The summed E-state index contributed by atoms with van der Waals surface area (Å²) in [5, 5.41) is 0.409. The largest absolute Gasteiger partial charge is 0.396 e. The van der Waals surface area contributed by atoms with Crippen molar-refractivity contribution >= 4 is 23.1 Å². The Morgan fingerprint density at radius 1 is 1.33 bits per heavy atom. The Kier molecular flexibility index (Phi) is 4.44. The highest BCUT2D eigenvalue weighted by atomic mass is 35.5. The molecule has 3 nitrogen and oxygen atoms in total. The summed E-state index contributed by atoms with van der Waals surface area (Å²) in [4.78, 5) is 3.79. The lowest BCUT2D eigenvalue weighted by Crippen LogP contribution is -1.98. The van der Waals surface area contributed by atoms with Crippen LogP contribution in [0.5, 0.6) is 0 Å². The summed E-state index contributed by atoms with van der Waals surface area (Å²) in [6.45, 7) is 5.82. The van der Waals surface area contributed by atoms with Gasteiger partial charge in [-0.05, 0) is 18.6 Å². The standard InChI is InChI=1S/C6H8ClN3.C2H6/c1-3-2-4(8)6(9)10-5(3)7;1-2/h2H,8H2,1H3,(H2,9,10);1-2H3. The first kappa shape index (κ1) is 11.0. The molecule has 1 aromatic rings. The van der Waals surface area contributed by atoms with Gasteiger partial charge in [0, 0.05) is 0 Å². The van der Waals surface area contributed by atoms with Crippen molar-refractivity contribution in [2.75, 3.05) is 11.5 Å². The highest BCUT2D eigenvalue weighted by molar-refractivity contribution is 6.30. The summed E-state index contributed by atoms with van der Waals surface area (Å²) in [6.07, 6.45) is 0. The second-order valence-corrected chi connectivity index (χ2v) is 2.43. The molecular weight excluding hydrogens is 174 g/mol. The van der Waals surface area contributed by atoms with Crippen LogP contribution in [0.15, 0.2) is 6.07 Å². The van der Waals surface area contributed by atoms with E-state index in [0.717, 1.165) is 5.56 Å². The second-order valence-electron chi connectivity index (χ2n) is 2.07. The molecule has 0 spiro atoms. The van der Waals surface area contributed by atoms with Gasteiger partial charge in [0.1, 0.15) is 11.0 Å².